The van der Waals surface area contributed by atoms with Crippen molar-refractivity contribution in [2.75, 3.05) is 5.32 Å². The summed E-state index contributed by atoms with van der Waals surface area (Å²) in [6, 6.07) is 2.07. The first-order valence-electron chi connectivity index (χ1n) is 5.34. The van der Waals surface area contributed by atoms with Gasteiger partial charge in [0.15, 0.2) is 16.8 Å². The van der Waals surface area contributed by atoms with Crippen molar-refractivity contribution in [1.82, 2.24) is 4.98 Å². The lowest BCUT2D eigenvalue weighted by Gasteiger charge is -2.06. The van der Waals surface area contributed by atoms with Crippen LogP contribution in [0.5, 0.6) is 0 Å². The van der Waals surface area contributed by atoms with Gasteiger partial charge in [0.25, 0.3) is 0 Å². The molecule has 1 fully saturated rings. The molecule has 2 aromatic rings. The van der Waals surface area contributed by atoms with Gasteiger partial charge in [-0.15, -0.1) is 12.4 Å². The minimum absolute atomic E-state index is 0. The summed E-state index contributed by atoms with van der Waals surface area (Å²) in [6.45, 7) is 0. The Morgan fingerprint density at radius 3 is 2.63 bits per heavy atom. The maximum atomic E-state index is 13.0. The fourth-order valence-electron chi connectivity index (χ4n) is 1.56. The molecule has 0 saturated heterocycles. The first-order chi connectivity index (χ1) is 8.48. The number of carbonyl (C=O) groups excluding carboxylic acids is 1. The normalized spacial score (nSPS) is 15.9. The van der Waals surface area contributed by atoms with E-state index in [-0.39, 0.29) is 18.3 Å². The Hall–Kier alpha value is -1.31. The van der Waals surface area contributed by atoms with Gasteiger partial charge < -0.3 is 11.1 Å². The third-order valence-electron chi connectivity index (χ3n) is 2.89. The summed E-state index contributed by atoms with van der Waals surface area (Å²) in [7, 11) is 0. The van der Waals surface area contributed by atoms with Gasteiger partial charge in [0.1, 0.15) is 0 Å². The molecule has 102 valence electrons. The highest BCUT2D eigenvalue weighted by atomic mass is 35.5. The van der Waals surface area contributed by atoms with E-state index >= 15 is 0 Å². The van der Waals surface area contributed by atoms with Crippen molar-refractivity contribution in [2.45, 2.75) is 18.4 Å². The van der Waals surface area contributed by atoms with E-state index in [1.807, 2.05) is 0 Å². The monoisotopic (exact) mass is 305 g/mol. The minimum Gasteiger partial charge on any atom is -0.317 e. The summed E-state index contributed by atoms with van der Waals surface area (Å²) in [4.78, 5) is 15.7. The molecular formula is C11H10ClF2N3OS. The Labute approximate surface area is 117 Å². The molecule has 1 amide bonds. The van der Waals surface area contributed by atoms with Crippen LogP contribution in [0.25, 0.3) is 10.2 Å². The van der Waals surface area contributed by atoms with Crippen LogP contribution in [0.1, 0.15) is 12.8 Å². The molecule has 1 aromatic heterocycles. The highest BCUT2D eigenvalue weighted by Gasteiger charge is 2.46. The third kappa shape index (κ3) is 2.54. The Bertz CT molecular complexity index is 618. The second-order valence-corrected chi connectivity index (χ2v) is 5.39. The van der Waals surface area contributed by atoms with Crippen LogP contribution in [-0.4, -0.2) is 16.4 Å². The minimum atomic E-state index is -0.955. The molecular weight excluding hydrogens is 296 g/mol. The number of rotatable bonds is 2. The molecule has 1 heterocycles. The van der Waals surface area contributed by atoms with Crippen molar-refractivity contribution in [3.63, 3.8) is 0 Å². The summed E-state index contributed by atoms with van der Waals surface area (Å²) in [5.74, 6) is -2.19. The lowest BCUT2D eigenvalue weighted by atomic mass is 10.3. The Kier molecular flexibility index (Phi) is 3.46. The Morgan fingerprint density at radius 1 is 1.37 bits per heavy atom. The van der Waals surface area contributed by atoms with Gasteiger partial charge in [-0.3, -0.25) is 4.79 Å². The van der Waals surface area contributed by atoms with Crippen LogP contribution in [0.2, 0.25) is 0 Å². The summed E-state index contributed by atoms with van der Waals surface area (Å²) in [6.07, 6.45) is 1.29. The summed E-state index contributed by atoms with van der Waals surface area (Å²) >= 11 is 1.09. The summed E-state index contributed by atoms with van der Waals surface area (Å²) in [5, 5.41) is 2.87. The molecule has 0 bridgehead atoms. The van der Waals surface area contributed by atoms with Crippen molar-refractivity contribution < 1.29 is 13.6 Å². The number of carbonyl (C=O) groups is 1. The fourth-order valence-corrected chi connectivity index (χ4v) is 2.43. The molecule has 0 radical (unpaired) electrons. The van der Waals surface area contributed by atoms with Gasteiger partial charge in [0.2, 0.25) is 5.91 Å². The van der Waals surface area contributed by atoms with Crippen molar-refractivity contribution in [1.29, 1.82) is 0 Å². The maximum absolute atomic E-state index is 13.0. The van der Waals surface area contributed by atoms with Gasteiger partial charge in [-0.2, -0.15) is 0 Å². The lowest BCUT2D eigenvalue weighted by Crippen LogP contribution is -2.37. The largest absolute Gasteiger partial charge is 0.317 e. The Morgan fingerprint density at radius 2 is 2.00 bits per heavy atom. The van der Waals surface area contributed by atoms with Crippen LogP contribution >= 0.6 is 23.7 Å². The fraction of sp³-hybridized carbons (Fsp3) is 0.273. The molecule has 4 nitrogen and oxygen atoms in total. The topological polar surface area (TPSA) is 68.0 Å². The molecule has 8 heteroatoms. The number of nitrogens with zero attached hydrogens (tertiary/aromatic N) is 1. The van der Waals surface area contributed by atoms with Gasteiger partial charge in [-0.1, -0.05) is 11.3 Å². The number of halogens is 3. The molecule has 0 aliphatic heterocycles. The predicted molar refractivity (Wildman–Crippen MR) is 71.6 cm³/mol. The van der Waals surface area contributed by atoms with E-state index in [0.29, 0.717) is 28.2 Å². The van der Waals surface area contributed by atoms with Crippen LogP contribution in [0.15, 0.2) is 12.1 Å². The first kappa shape index (κ1) is 14.1. The molecule has 1 aliphatic rings. The number of amides is 1. The molecule has 19 heavy (non-hydrogen) atoms. The van der Waals surface area contributed by atoms with Crippen molar-refractivity contribution in [2.24, 2.45) is 5.73 Å². The lowest BCUT2D eigenvalue weighted by molar-refractivity contribution is -0.118. The van der Waals surface area contributed by atoms with E-state index in [9.17, 15) is 13.6 Å². The number of hydrogen-bond acceptors (Lipinski definition) is 4. The highest BCUT2D eigenvalue weighted by Crippen LogP contribution is 2.34. The number of fused-ring (bicyclic) bond motifs is 1. The second kappa shape index (κ2) is 4.66. The number of thiazole rings is 1. The number of hydrogen-bond donors (Lipinski definition) is 2. The summed E-state index contributed by atoms with van der Waals surface area (Å²) < 4.78 is 26.5. The van der Waals surface area contributed by atoms with Crippen molar-refractivity contribution in [3.05, 3.63) is 23.8 Å². The van der Waals surface area contributed by atoms with E-state index in [4.69, 9.17) is 5.73 Å². The van der Waals surface area contributed by atoms with Crippen LogP contribution in [-0.2, 0) is 4.79 Å². The molecule has 0 spiro atoms. The van der Waals surface area contributed by atoms with Crippen LogP contribution < -0.4 is 11.1 Å². The highest BCUT2D eigenvalue weighted by molar-refractivity contribution is 7.22. The standard InChI is InChI=1S/C11H9F2N3OS.ClH/c12-5-3-7-8(4-6(5)13)18-10(15-7)16-9(17)11(14)1-2-11;/h3-4H,1-2,14H2,(H,15,16,17);1H. The maximum Gasteiger partial charge on any atom is 0.246 e. The zero-order chi connectivity index (χ0) is 12.9. The van der Waals surface area contributed by atoms with Gasteiger partial charge in [0, 0.05) is 6.07 Å². The smallest absolute Gasteiger partial charge is 0.246 e. The van der Waals surface area contributed by atoms with Gasteiger partial charge in [-0.25, -0.2) is 13.8 Å². The number of nitrogens with one attached hydrogen (secondary N) is 1. The van der Waals surface area contributed by atoms with Crippen molar-refractivity contribution in [3.8, 4) is 0 Å². The molecule has 3 N–H and O–H groups in total. The van der Waals surface area contributed by atoms with Gasteiger partial charge >= 0.3 is 0 Å². The number of anilines is 1. The number of nitrogens with two attached hydrogens (primary N) is 1. The van der Waals surface area contributed by atoms with E-state index in [2.05, 4.69) is 10.3 Å². The van der Waals surface area contributed by atoms with Gasteiger partial charge in [-0.05, 0) is 18.9 Å². The van der Waals surface area contributed by atoms with Crippen LogP contribution in [0, 0.1) is 11.6 Å². The zero-order valence-corrected chi connectivity index (χ0v) is 11.2. The molecule has 3 rings (SSSR count). The van der Waals surface area contributed by atoms with Crippen molar-refractivity contribution >= 4 is 45.0 Å². The predicted octanol–water partition coefficient (Wildman–Crippen LogP) is 2.43. The van der Waals surface area contributed by atoms with E-state index in [1.165, 1.54) is 0 Å². The molecule has 0 atom stereocenters. The Balaban J connectivity index is 0.00000133. The second-order valence-electron chi connectivity index (χ2n) is 4.36. The number of aromatic nitrogens is 1. The van der Waals surface area contributed by atoms with E-state index in [1.54, 1.807) is 0 Å². The average molecular weight is 306 g/mol. The van der Waals surface area contributed by atoms with Gasteiger partial charge in [0.05, 0.1) is 15.8 Å². The van der Waals surface area contributed by atoms with Crippen LogP contribution in [0.3, 0.4) is 0 Å². The van der Waals surface area contributed by atoms with Crippen LogP contribution in [0.4, 0.5) is 13.9 Å². The SMILES string of the molecule is Cl.NC1(C(=O)Nc2nc3cc(F)c(F)cc3s2)CC1. The molecule has 1 aromatic carbocycles. The quantitative estimate of drug-likeness (QED) is 0.895. The third-order valence-corrected chi connectivity index (χ3v) is 3.83. The average Bonchev–Trinajstić information content (AvgIpc) is 2.94. The zero-order valence-electron chi connectivity index (χ0n) is 9.57. The molecule has 1 aliphatic carbocycles. The number of benzene rings is 1. The van der Waals surface area contributed by atoms with E-state index in [0.717, 1.165) is 23.5 Å². The molecule has 0 unspecified atom stereocenters. The van der Waals surface area contributed by atoms with E-state index < -0.39 is 17.2 Å². The first-order valence-corrected chi connectivity index (χ1v) is 6.15. The molecule has 1 saturated carbocycles. The summed E-state index contributed by atoms with van der Waals surface area (Å²) in [5.41, 5.74) is 5.24.